The summed E-state index contributed by atoms with van der Waals surface area (Å²) >= 11 is 0. The minimum Gasteiger partial charge on any atom is -0.490 e. The molecule has 140 valence electrons. The summed E-state index contributed by atoms with van der Waals surface area (Å²) in [6, 6.07) is 11.7. The van der Waals surface area contributed by atoms with E-state index >= 15 is 0 Å². The van der Waals surface area contributed by atoms with Crippen LogP contribution in [0.1, 0.15) is 30.9 Å². The number of aryl methyl sites for hydroxylation is 2. The van der Waals surface area contributed by atoms with Gasteiger partial charge in [-0.2, -0.15) is 4.52 Å². The molecule has 0 atom stereocenters. The van der Waals surface area contributed by atoms with Crippen LogP contribution in [0.2, 0.25) is 0 Å². The maximum absolute atomic E-state index is 12.0. The van der Waals surface area contributed by atoms with Crippen molar-refractivity contribution >= 4 is 11.5 Å². The third-order valence-corrected chi connectivity index (χ3v) is 5.12. The fourth-order valence-electron chi connectivity index (χ4n) is 3.54. The van der Waals surface area contributed by atoms with Gasteiger partial charge in [0.25, 0.3) is 5.56 Å². The van der Waals surface area contributed by atoms with Crippen molar-refractivity contribution in [2.45, 2.75) is 39.2 Å². The van der Waals surface area contributed by atoms with Crippen LogP contribution in [0.25, 0.3) is 5.65 Å². The summed E-state index contributed by atoms with van der Waals surface area (Å²) < 4.78 is 7.52. The van der Waals surface area contributed by atoms with Crippen molar-refractivity contribution in [3.63, 3.8) is 0 Å². The average Bonchev–Trinajstić information content (AvgIpc) is 2.69. The summed E-state index contributed by atoms with van der Waals surface area (Å²) in [5, 5.41) is 4.55. The van der Waals surface area contributed by atoms with Crippen molar-refractivity contribution < 1.29 is 4.74 Å². The lowest BCUT2D eigenvalue weighted by molar-refractivity contribution is 0.170. The van der Waals surface area contributed by atoms with Crippen LogP contribution in [0.15, 0.2) is 47.4 Å². The van der Waals surface area contributed by atoms with Gasteiger partial charge in [-0.25, -0.2) is 4.98 Å². The second-order valence-electron chi connectivity index (χ2n) is 7.01. The molecular formula is C21H24N4O2. The fraction of sp³-hybridized carbons (Fsp3) is 0.381. The molecule has 3 aromatic rings. The molecule has 0 N–H and O–H groups in total. The summed E-state index contributed by atoms with van der Waals surface area (Å²) in [6.45, 7) is 5.87. The summed E-state index contributed by atoms with van der Waals surface area (Å²) in [5.74, 6) is 1.78. The molecule has 0 amide bonds. The Morgan fingerprint density at radius 2 is 1.89 bits per heavy atom. The highest BCUT2D eigenvalue weighted by atomic mass is 16.5. The molecule has 0 aliphatic carbocycles. The van der Waals surface area contributed by atoms with Crippen molar-refractivity contribution in [3.05, 3.63) is 64.1 Å². The molecule has 1 aliphatic rings. The van der Waals surface area contributed by atoms with Gasteiger partial charge in [-0.15, -0.1) is 5.10 Å². The molecule has 4 rings (SSSR count). The molecule has 1 saturated heterocycles. The number of benzene rings is 1. The molecule has 6 heteroatoms. The Balaban J connectivity index is 1.45. The maximum Gasteiger partial charge on any atom is 0.274 e. The lowest BCUT2D eigenvalue weighted by Gasteiger charge is -2.33. The van der Waals surface area contributed by atoms with E-state index in [9.17, 15) is 4.79 Å². The first-order chi connectivity index (χ1) is 13.1. The third-order valence-electron chi connectivity index (χ3n) is 5.12. The van der Waals surface area contributed by atoms with Crippen molar-refractivity contribution in [3.8, 4) is 5.75 Å². The smallest absolute Gasteiger partial charge is 0.274 e. The molecule has 0 radical (unpaired) electrons. The Labute approximate surface area is 158 Å². The van der Waals surface area contributed by atoms with Crippen molar-refractivity contribution in [2.75, 3.05) is 18.0 Å². The van der Waals surface area contributed by atoms with E-state index in [0.29, 0.717) is 5.65 Å². The highest BCUT2D eigenvalue weighted by molar-refractivity contribution is 5.52. The predicted molar refractivity (Wildman–Crippen MR) is 106 cm³/mol. The van der Waals surface area contributed by atoms with Crippen molar-refractivity contribution in [1.29, 1.82) is 0 Å². The first-order valence-corrected chi connectivity index (χ1v) is 9.50. The van der Waals surface area contributed by atoms with E-state index in [4.69, 9.17) is 4.74 Å². The van der Waals surface area contributed by atoms with E-state index in [0.717, 1.165) is 49.5 Å². The molecule has 0 bridgehead atoms. The Hall–Kier alpha value is -2.89. The summed E-state index contributed by atoms with van der Waals surface area (Å²) in [6.07, 6.45) is 4.62. The average molecular weight is 364 g/mol. The largest absolute Gasteiger partial charge is 0.490 e. The minimum absolute atomic E-state index is 0.157. The molecule has 0 saturated carbocycles. The van der Waals surface area contributed by atoms with E-state index in [1.165, 1.54) is 22.3 Å². The van der Waals surface area contributed by atoms with E-state index in [1.807, 2.05) is 13.0 Å². The lowest BCUT2D eigenvalue weighted by Crippen LogP contribution is -2.39. The zero-order chi connectivity index (χ0) is 18.8. The Morgan fingerprint density at radius 3 is 2.59 bits per heavy atom. The molecule has 0 unspecified atom stereocenters. The van der Waals surface area contributed by atoms with E-state index in [-0.39, 0.29) is 11.7 Å². The highest BCUT2D eigenvalue weighted by Crippen LogP contribution is 2.24. The Kier molecular flexibility index (Phi) is 4.79. The monoisotopic (exact) mass is 364 g/mol. The normalized spacial score (nSPS) is 15.3. The molecule has 0 spiro atoms. The quantitative estimate of drug-likeness (QED) is 0.712. The number of ether oxygens (including phenoxy) is 1. The minimum atomic E-state index is -0.157. The SMILES string of the molecule is CCc1ccc(OC2CCN(c3nn4c(=O)ccnc4cc3C)CC2)cc1. The fourth-order valence-corrected chi connectivity index (χ4v) is 3.54. The Bertz CT molecular complexity index is 989. The van der Waals surface area contributed by atoms with Crippen LogP contribution in [0, 0.1) is 6.92 Å². The molecule has 6 nitrogen and oxygen atoms in total. The Morgan fingerprint density at radius 1 is 1.15 bits per heavy atom. The second-order valence-corrected chi connectivity index (χ2v) is 7.01. The van der Waals surface area contributed by atoms with Crippen LogP contribution >= 0.6 is 0 Å². The standard InChI is InChI=1S/C21H24N4O2/c1-3-16-4-6-17(7-5-16)27-18-9-12-24(13-10-18)21-15(2)14-19-22-11-8-20(26)25(19)23-21/h4-8,11,14,18H,3,9-10,12-13H2,1-2H3. The number of hydrogen-bond acceptors (Lipinski definition) is 5. The summed E-state index contributed by atoms with van der Waals surface area (Å²) in [7, 11) is 0. The van der Waals surface area contributed by atoms with Crippen LogP contribution in [0.3, 0.4) is 0 Å². The molecule has 2 aromatic heterocycles. The zero-order valence-corrected chi connectivity index (χ0v) is 15.8. The number of aromatic nitrogens is 3. The van der Waals surface area contributed by atoms with Gasteiger partial charge in [0, 0.05) is 38.2 Å². The van der Waals surface area contributed by atoms with Crippen LogP contribution in [0.4, 0.5) is 5.82 Å². The van der Waals surface area contributed by atoms with Crippen molar-refractivity contribution in [2.24, 2.45) is 0 Å². The number of rotatable bonds is 4. The van der Waals surface area contributed by atoms with Crippen LogP contribution < -0.4 is 15.2 Å². The van der Waals surface area contributed by atoms with Gasteiger partial charge in [0.15, 0.2) is 11.5 Å². The van der Waals surface area contributed by atoms with Gasteiger partial charge in [0.2, 0.25) is 0 Å². The van der Waals surface area contributed by atoms with Gasteiger partial charge < -0.3 is 9.64 Å². The molecule has 27 heavy (non-hydrogen) atoms. The first-order valence-electron chi connectivity index (χ1n) is 9.50. The predicted octanol–water partition coefficient (Wildman–Crippen LogP) is 3.01. The number of anilines is 1. The molecule has 1 aromatic carbocycles. The zero-order valence-electron chi connectivity index (χ0n) is 15.8. The van der Waals surface area contributed by atoms with E-state index in [1.54, 1.807) is 0 Å². The maximum atomic E-state index is 12.0. The third kappa shape index (κ3) is 3.65. The second kappa shape index (κ2) is 7.39. The van der Waals surface area contributed by atoms with Crippen LogP contribution in [-0.4, -0.2) is 33.8 Å². The summed E-state index contributed by atoms with van der Waals surface area (Å²) in [5.41, 5.74) is 2.77. The topological polar surface area (TPSA) is 59.7 Å². The number of nitrogens with zero attached hydrogens (tertiary/aromatic N) is 4. The van der Waals surface area contributed by atoms with Gasteiger partial charge in [-0.05, 0) is 42.7 Å². The highest BCUT2D eigenvalue weighted by Gasteiger charge is 2.23. The lowest BCUT2D eigenvalue weighted by atomic mass is 10.1. The molecular weight excluding hydrogens is 340 g/mol. The first kappa shape index (κ1) is 17.5. The molecule has 1 aliphatic heterocycles. The molecule has 3 heterocycles. The van der Waals surface area contributed by atoms with E-state index < -0.39 is 0 Å². The van der Waals surface area contributed by atoms with E-state index in [2.05, 4.69) is 46.2 Å². The van der Waals surface area contributed by atoms with Crippen molar-refractivity contribution in [1.82, 2.24) is 14.6 Å². The van der Waals surface area contributed by atoms with Crippen LogP contribution in [-0.2, 0) is 6.42 Å². The number of fused-ring (bicyclic) bond motifs is 1. The van der Waals surface area contributed by atoms with Crippen LogP contribution in [0.5, 0.6) is 5.75 Å². The van der Waals surface area contributed by atoms with Gasteiger partial charge in [-0.3, -0.25) is 4.79 Å². The van der Waals surface area contributed by atoms with Gasteiger partial charge in [-0.1, -0.05) is 19.1 Å². The number of piperidine rings is 1. The molecule has 1 fully saturated rings. The number of hydrogen-bond donors (Lipinski definition) is 0. The van der Waals surface area contributed by atoms with Gasteiger partial charge >= 0.3 is 0 Å². The van der Waals surface area contributed by atoms with Gasteiger partial charge in [0.05, 0.1) is 0 Å². The van der Waals surface area contributed by atoms with Gasteiger partial charge in [0.1, 0.15) is 11.9 Å². The summed E-state index contributed by atoms with van der Waals surface area (Å²) in [4.78, 5) is 18.5.